The van der Waals surface area contributed by atoms with Gasteiger partial charge in [0.05, 0.1) is 11.1 Å². The summed E-state index contributed by atoms with van der Waals surface area (Å²) in [6.07, 6.45) is 2.87. The number of benzene rings is 2. The number of carbonyl (C=O) groups excluding carboxylic acids is 2. The first kappa shape index (κ1) is 19.1. The van der Waals surface area contributed by atoms with Crippen LogP contribution in [0.2, 0.25) is 0 Å². The van der Waals surface area contributed by atoms with Crippen LogP contribution >= 0.6 is 0 Å². The Morgan fingerprint density at radius 3 is 2.52 bits per heavy atom. The Labute approximate surface area is 170 Å². The van der Waals surface area contributed by atoms with Gasteiger partial charge < -0.3 is 10.2 Å². The molecule has 1 unspecified atom stereocenters. The quantitative estimate of drug-likeness (QED) is 0.728. The first-order valence-corrected chi connectivity index (χ1v) is 9.97. The minimum absolute atomic E-state index is 0.0638. The standard InChI is InChI=1S/C24H25N3O2/c1-15-8-13-21-19(14-15)22(18-6-4-5-7-20(18)26-21)23(28)25-17-11-9-16(10-12-17)24(29)27(2)3/h4-7,9-12,15H,8,13-14H2,1-3H3,(H,25,28). The van der Waals surface area contributed by atoms with E-state index in [4.69, 9.17) is 4.98 Å². The highest BCUT2D eigenvalue weighted by atomic mass is 16.2. The lowest BCUT2D eigenvalue weighted by molar-refractivity contribution is 0.0827. The maximum Gasteiger partial charge on any atom is 0.256 e. The lowest BCUT2D eigenvalue weighted by atomic mass is 9.84. The van der Waals surface area contributed by atoms with Crippen LogP contribution in [0, 0.1) is 5.92 Å². The molecule has 1 aromatic heterocycles. The number of aryl methyl sites for hydroxylation is 1. The van der Waals surface area contributed by atoms with Gasteiger partial charge in [-0.05, 0) is 61.1 Å². The maximum atomic E-state index is 13.3. The fourth-order valence-electron chi connectivity index (χ4n) is 3.97. The minimum atomic E-state index is -0.124. The molecule has 29 heavy (non-hydrogen) atoms. The second kappa shape index (κ2) is 7.66. The van der Waals surface area contributed by atoms with Gasteiger partial charge in [-0.1, -0.05) is 25.1 Å². The van der Waals surface area contributed by atoms with E-state index < -0.39 is 0 Å². The Bertz CT molecular complexity index is 1090. The van der Waals surface area contributed by atoms with Gasteiger partial charge in [0, 0.05) is 36.4 Å². The lowest BCUT2D eigenvalue weighted by Crippen LogP contribution is -2.22. The molecule has 148 valence electrons. The molecule has 0 aliphatic heterocycles. The van der Waals surface area contributed by atoms with Gasteiger partial charge >= 0.3 is 0 Å². The van der Waals surface area contributed by atoms with Crippen molar-refractivity contribution in [3.63, 3.8) is 0 Å². The Hall–Kier alpha value is -3.21. The van der Waals surface area contributed by atoms with Gasteiger partial charge in [-0.25, -0.2) is 0 Å². The van der Waals surface area contributed by atoms with Crippen molar-refractivity contribution in [3.8, 4) is 0 Å². The monoisotopic (exact) mass is 387 g/mol. The van der Waals surface area contributed by atoms with Crippen molar-refractivity contribution in [2.45, 2.75) is 26.2 Å². The van der Waals surface area contributed by atoms with Crippen LogP contribution < -0.4 is 5.32 Å². The largest absolute Gasteiger partial charge is 0.345 e. The summed E-state index contributed by atoms with van der Waals surface area (Å²) in [7, 11) is 3.44. The van der Waals surface area contributed by atoms with Crippen LogP contribution in [0.3, 0.4) is 0 Å². The van der Waals surface area contributed by atoms with Crippen molar-refractivity contribution in [3.05, 3.63) is 70.9 Å². The number of anilines is 1. The number of nitrogens with zero attached hydrogens (tertiary/aromatic N) is 2. The SMILES string of the molecule is CC1CCc2nc3ccccc3c(C(=O)Nc3ccc(C(=O)N(C)C)cc3)c2C1. The minimum Gasteiger partial charge on any atom is -0.345 e. The van der Waals surface area contributed by atoms with E-state index in [9.17, 15) is 9.59 Å². The average Bonchev–Trinajstić information content (AvgIpc) is 2.72. The van der Waals surface area contributed by atoms with Crippen LogP contribution in [-0.2, 0) is 12.8 Å². The fourth-order valence-corrected chi connectivity index (χ4v) is 3.97. The van der Waals surface area contributed by atoms with Gasteiger partial charge in [0.1, 0.15) is 0 Å². The molecule has 0 spiro atoms. The molecule has 0 bridgehead atoms. The molecule has 5 nitrogen and oxygen atoms in total. The van der Waals surface area contributed by atoms with Crippen molar-refractivity contribution < 1.29 is 9.59 Å². The molecule has 0 saturated heterocycles. The van der Waals surface area contributed by atoms with Crippen LogP contribution in [0.4, 0.5) is 5.69 Å². The second-order valence-electron chi connectivity index (χ2n) is 8.01. The van der Waals surface area contributed by atoms with Gasteiger partial charge in [-0.2, -0.15) is 0 Å². The molecule has 1 N–H and O–H groups in total. The number of aromatic nitrogens is 1. The molecule has 4 rings (SSSR count). The first-order valence-electron chi connectivity index (χ1n) is 9.97. The summed E-state index contributed by atoms with van der Waals surface area (Å²) in [5.74, 6) is 0.347. The third-order valence-corrected chi connectivity index (χ3v) is 5.53. The smallest absolute Gasteiger partial charge is 0.256 e. The number of carbonyl (C=O) groups is 2. The van der Waals surface area contributed by atoms with Crippen molar-refractivity contribution in [2.24, 2.45) is 5.92 Å². The molecular formula is C24H25N3O2. The molecule has 1 atom stereocenters. The highest BCUT2D eigenvalue weighted by Crippen LogP contribution is 2.32. The van der Waals surface area contributed by atoms with E-state index in [0.717, 1.165) is 47.0 Å². The fraction of sp³-hybridized carbons (Fsp3) is 0.292. The molecule has 1 aliphatic rings. The normalized spacial score (nSPS) is 15.6. The van der Waals surface area contributed by atoms with Crippen LogP contribution in [0.1, 0.15) is 45.3 Å². The summed E-state index contributed by atoms with van der Waals surface area (Å²) in [5.41, 5.74) is 4.96. The summed E-state index contributed by atoms with van der Waals surface area (Å²) >= 11 is 0. The third kappa shape index (κ3) is 3.73. The second-order valence-corrected chi connectivity index (χ2v) is 8.01. The topological polar surface area (TPSA) is 62.3 Å². The van der Waals surface area contributed by atoms with Gasteiger partial charge in [0.15, 0.2) is 0 Å². The predicted molar refractivity (Wildman–Crippen MR) is 115 cm³/mol. The molecule has 2 amide bonds. The van der Waals surface area contributed by atoms with Crippen molar-refractivity contribution in [1.29, 1.82) is 0 Å². The zero-order valence-corrected chi connectivity index (χ0v) is 17.0. The lowest BCUT2D eigenvalue weighted by Gasteiger charge is -2.24. The van der Waals surface area contributed by atoms with E-state index in [1.165, 1.54) is 4.90 Å². The molecule has 3 aromatic rings. The number of amides is 2. The summed E-state index contributed by atoms with van der Waals surface area (Å²) in [6.45, 7) is 2.22. The number of pyridine rings is 1. The summed E-state index contributed by atoms with van der Waals surface area (Å²) in [4.78, 5) is 31.7. The van der Waals surface area contributed by atoms with Crippen molar-refractivity contribution in [2.75, 3.05) is 19.4 Å². The van der Waals surface area contributed by atoms with Crippen molar-refractivity contribution >= 4 is 28.4 Å². The number of nitrogens with one attached hydrogen (secondary N) is 1. The summed E-state index contributed by atoms with van der Waals surface area (Å²) < 4.78 is 0. The van der Waals surface area contributed by atoms with E-state index >= 15 is 0 Å². The van der Waals surface area contributed by atoms with E-state index in [1.807, 2.05) is 24.3 Å². The molecular weight excluding hydrogens is 362 g/mol. The van der Waals surface area contributed by atoms with Gasteiger partial charge in [-0.15, -0.1) is 0 Å². The van der Waals surface area contributed by atoms with E-state index in [-0.39, 0.29) is 11.8 Å². The average molecular weight is 387 g/mol. The van der Waals surface area contributed by atoms with Crippen molar-refractivity contribution in [1.82, 2.24) is 9.88 Å². The van der Waals surface area contributed by atoms with E-state index in [1.54, 1.807) is 38.4 Å². The van der Waals surface area contributed by atoms with Gasteiger partial charge in [-0.3, -0.25) is 14.6 Å². The Kier molecular flexibility index (Phi) is 5.05. The van der Waals surface area contributed by atoms with Gasteiger partial charge in [0.25, 0.3) is 11.8 Å². The van der Waals surface area contributed by atoms with Crippen LogP contribution in [0.5, 0.6) is 0 Å². The number of fused-ring (bicyclic) bond motifs is 2. The number of hydrogen-bond donors (Lipinski definition) is 1. The highest BCUT2D eigenvalue weighted by Gasteiger charge is 2.25. The number of para-hydroxylation sites is 1. The highest BCUT2D eigenvalue weighted by molar-refractivity contribution is 6.13. The maximum absolute atomic E-state index is 13.3. The Morgan fingerprint density at radius 2 is 1.79 bits per heavy atom. The number of hydrogen-bond acceptors (Lipinski definition) is 3. The molecule has 2 aromatic carbocycles. The Morgan fingerprint density at radius 1 is 1.07 bits per heavy atom. The molecule has 5 heteroatoms. The summed E-state index contributed by atoms with van der Waals surface area (Å²) in [5, 5.41) is 3.91. The number of rotatable bonds is 3. The zero-order chi connectivity index (χ0) is 20.5. The third-order valence-electron chi connectivity index (χ3n) is 5.53. The first-order chi connectivity index (χ1) is 13.9. The molecule has 1 aliphatic carbocycles. The zero-order valence-electron chi connectivity index (χ0n) is 17.0. The van der Waals surface area contributed by atoms with Crippen LogP contribution in [0.15, 0.2) is 48.5 Å². The molecule has 0 radical (unpaired) electrons. The molecule has 1 heterocycles. The van der Waals surface area contributed by atoms with Gasteiger partial charge in [0.2, 0.25) is 0 Å². The van der Waals surface area contributed by atoms with E-state index in [0.29, 0.717) is 17.2 Å². The van der Waals surface area contributed by atoms with E-state index in [2.05, 4.69) is 12.2 Å². The molecule has 0 saturated carbocycles. The summed E-state index contributed by atoms with van der Waals surface area (Å²) in [6, 6.07) is 14.8. The Balaban J connectivity index is 1.70. The molecule has 0 fully saturated rings. The van der Waals surface area contributed by atoms with Crippen LogP contribution in [-0.4, -0.2) is 35.8 Å². The van der Waals surface area contributed by atoms with Crippen LogP contribution in [0.25, 0.3) is 10.9 Å². The predicted octanol–water partition coefficient (Wildman–Crippen LogP) is 4.31.